The fourth-order valence-corrected chi connectivity index (χ4v) is 1.31. The van der Waals surface area contributed by atoms with Gasteiger partial charge in [0.15, 0.2) is 0 Å². The van der Waals surface area contributed by atoms with Gasteiger partial charge in [0.05, 0.1) is 11.2 Å². The molecule has 0 heterocycles. The number of benzene rings is 1. The van der Waals surface area contributed by atoms with E-state index in [0.29, 0.717) is 5.46 Å². The third kappa shape index (κ3) is 4.43. The Morgan fingerprint density at radius 1 is 1.10 bits per heavy atom. The van der Waals surface area contributed by atoms with Crippen LogP contribution in [0.4, 0.5) is 8.78 Å². The molecule has 0 saturated carbocycles. The molecular formula is C13H19BF2O4. The maximum atomic E-state index is 12.0. The molecule has 0 unspecified atom stereocenters. The van der Waals surface area contributed by atoms with E-state index in [1.54, 1.807) is 27.7 Å². The van der Waals surface area contributed by atoms with E-state index in [0.717, 1.165) is 0 Å². The van der Waals surface area contributed by atoms with Crippen LogP contribution in [0.5, 0.6) is 5.75 Å². The van der Waals surface area contributed by atoms with Crippen LogP contribution >= 0.6 is 0 Å². The lowest BCUT2D eigenvalue weighted by Crippen LogP contribution is -2.53. The van der Waals surface area contributed by atoms with Crippen LogP contribution in [0.3, 0.4) is 0 Å². The number of hydrogen-bond acceptors (Lipinski definition) is 4. The first-order valence-corrected chi connectivity index (χ1v) is 6.16. The van der Waals surface area contributed by atoms with Crippen LogP contribution in [0.15, 0.2) is 24.3 Å². The summed E-state index contributed by atoms with van der Waals surface area (Å²) >= 11 is 0. The molecule has 1 aromatic rings. The predicted octanol–water partition coefficient (Wildman–Crippen LogP) is 1.54. The molecule has 0 aliphatic carbocycles. The average Bonchev–Trinajstić information content (AvgIpc) is 2.26. The second-order valence-electron chi connectivity index (χ2n) is 5.49. The van der Waals surface area contributed by atoms with Gasteiger partial charge in [0.1, 0.15) is 5.75 Å². The van der Waals surface area contributed by atoms with Crippen LogP contribution in [0.1, 0.15) is 27.7 Å². The molecule has 2 N–H and O–H groups in total. The van der Waals surface area contributed by atoms with E-state index >= 15 is 0 Å². The van der Waals surface area contributed by atoms with E-state index in [2.05, 4.69) is 4.74 Å². The summed E-state index contributed by atoms with van der Waals surface area (Å²) in [5.74, 6) is -0.00213. The first-order chi connectivity index (χ1) is 9.03. The van der Waals surface area contributed by atoms with Crippen molar-refractivity contribution in [2.24, 2.45) is 0 Å². The maximum Gasteiger partial charge on any atom is 0.491 e. The quantitative estimate of drug-likeness (QED) is 0.780. The van der Waals surface area contributed by atoms with Gasteiger partial charge in [0.2, 0.25) is 0 Å². The van der Waals surface area contributed by atoms with Crippen molar-refractivity contribution in [3.05, 3.63) is 24.3 Å². The molecule has 0 aliphatic heterocycles. The van der Waals surface area contributed by atoms with Gasteiger partial charge < -0.3 is 19.5 Å². The molecule has 0 radical (unpaired) electrons. The van der Waals surface area contributed by atoms with E-state index in [-0.39, 0.29) is 5.75 Å². The third-order valence-corrected chi connectivity index (χ3v) is 3.27. The molecule has 0 spiro atoms. The molecular weight excluding hydrogens is 269 g/mol. The Morgan fingerprint density at radius 3 is 2.00 bits per heavy atom. The molecule has 0 bridgehead atoms. The van der Waals surface area contributed by atoms with Crippen molar-refractivity contribution in [3.8, 4) is 5.75 Å². The molecule has 7 heteroatoms. The Morgan fingerprint density at radius 2 is 1.60 bits per heavy atom. The minimum absolute atomic E-state index is 0.00213. The fraction of sp³-hybridized carbons (Fsp3) is 0.538. The Balaban J connectivity index is 2.76. The van der Waals surface area contributed by atoms with Gasteiger partial charge in [0, 0.05) is 0 Å². The van der Waals surface area contributed by atoms with E-state index < -0.39 is 24.9 Å². The Kier molecular flexibility index (Phi) is 5.12. The number of hydrogen-bond donors (Lipinski definition) is 2. The lowest BCUT2D eigenvalue weighted by Gasteiger charge is -2.38. The molecule has 0 amide bonds. The predicted molar refractivity (Wildman–Crippen MR) is 72.1 cm³/mol. The lowest BCUT2D eigenvalue weighted by atomic mass is 9.76. The van der Waals surface area contributed by atoms with Crippen molar-refractivity contribution >= 4 is 12.6 Å². The summed E-state index contributed by atoms with van der Waals surface area (Å²) in [4.78, 5) is 0. The molecule has 0 atom stereocenters. The Bertz CT molecular complexity index is 429. The van der Waals surface area contributed by atoms with Crippen molar-refractivity contribution in [1.29, 1.82) is 0 Å². The van der Waals surface area contributed by atoms with Crippen LogP contribution in [-0.2, 0) is 4.65 Å². The number of halogens is 2. The number of alkyl halides is 2. The smallest absolute Gasteiger partial charge is 0.435 e. The molecule has 0 aromatic heterocycles. The monoisotopic (exact) mass is 288 g/mol. The number of aliphatic hydroxyl groups is 1. The van der Waals surface area contributed by atoms with Crippen LogP contribution < -0.4 is 10.2 Å². The SMILES string of the molecule is CC(C)(O)C(C)(C)OB(O)c1ccc(OC(F)F)cc1. The maximum absolute atomic E-state index is 12.0. The van der Waals surface area contributed by atoms with Crippen LogP contribution in [0.2, 0.25) is 0 Å². The van der Waals surface area contributed by atoms with Gasteiger partial charge in [0.25, 0.3) is 0 Å². The summed E-state index contributed by atoms with van der Waals surface area (Å²) in [6, 6.07) is 5.46. The van der Waals surface area contributed by atoms with Gasteiger partial charge >= 0.3 is 13.7 Å². The van der Waals surface area contributed by atoms with Gasteiger partial charge in [-0.3, -0.25) is 0 Å². The molecule has 0 fully saturated rings. The lowest BCUT2D eigenvalue weighted by molar-refractivity contribution is -0.0982. The van der Waals surface area contributed by atoms with Gasteiger partial charge in [-0.2, -0.15) is 8.78 Å². The summed E-state index contributed by atoms with van der Waals surface area (Å²) in [6.07, 6.45) is 0. The highest BCUT2D eigenvalue weighted by Gasteiger charge is 2.39. The third-order valence-electron chi connectivity index (χ3n) is 3.27. The highest BCUT2D eigenvalue weighted by atomic mass is 19.3. The largest absolute Gasteiger partial charge is 0.491 e. The Labute approximate surface area is 117 Å². The molecule has 4 nitrogen and oxygen atoms in total. The first kappa shape index (κ1) is 16.9. The van der Waals surface area contributed by atoms with E-state index in [4.69, 9.17) is 4.65 Å². The zero-order chi connectivity index (χ0) is 15.6. The molecule has 1 rings (SSSR count). The topological polar surface area (TPSA) is 58.9 Å². The van der Waals surface area contributed by atoms with Crippen molar-refractivity contribution in [2.75, 3.05) is 0 Å². The fourth-order valence-electron chi connectivity index (χ4n) is 1.31. The standard InChI is InChI=1S/C13H19BF2O4/c1-12(2,17)13(3,4)20-14(18)9-5-7-10(8-6-9)19-11(15)16/h5-8,11,17-18H,1-4H3. The highest BCUT2D eigenvalue weighted by molar-refractivity contribution is 6.60. The molecule has 0 saturated heterocycles. The van der Waals surface area contributed by atoms with Gasteiger partial charge in [-0.1, -0.05) is 12.1 Å². The normalized spacial score (nSPS) is 12.7. The number of rotatable bonds is 6. The van der Waals surface area contributed by atoms with Crippen molar-refractivity contribution in [2.45, 2.75) is 45.5 Å². The summed E-state index contributed by atoms with van der Waals surface area (Å²) in [5, 5.41) is 19.9. The van der Waals surface area contributed by atoms with Crippen molar-refractivity contribution in [1.82, 2.24) is 0 Å². The number of ether oxygens (including phenoxy) is 1. The van der Waals surface area contributed by atoms with Crippen molar-refractivity contribution in [3.63, 3.8) is 0 Å². The first-order valence-electron chi connectivity index (χ1n) is 6.16. The van der Waals surface area contributed by atoms with Crippen LogP contribution in [0, 0.1) is 0 Å². The Hall–Kier alpha value is -1.18. The van der Waals surface area contributed by atoms with Crippen LogP contribution in [0.25, 0.3) is 0 Å². The summed E-state index contributed by atoms with van der Waals surface area (Å²) in [5.41, 5.74) is -1.78. The van der Waals surface area contributed by atoms with E-state index in [1.165, 1.54) is 24.3 Å². The van der Waals surface area contributed by atoms with E-state index in [1.807, 2.05) is 0 Å². The summed E-state index contributed by atoms with van der Waals surface area (Å²) in [6.45, 7) is 3.53. The minimum Gasteiger partial charge on any atom is -0.435 e. The van der Waals surface area contributed by atoms with Crippen LogP contribution in [-0.4, -0.2) is 35.1 Å². The van der Waals surface area contributed by atoms with Gasteiger partial charge in [-0.05, 0) is 45.3 Å². The average molecular weight is 288 g/mol. The van der Waals surface area contributed by atoms with Crippen molar-refractivity contribution < 1.29 is 28.3 Å². The molecule has 112 valence electrons. The molecule has 20 heavy (non-hydrogen) atoms. The second kappa shape index (κ2) is 6.07. The summed E-state index contributed by atoms with van der Waals surface area (Å²) < 4.78 is 33.7. The highest BCUT2D eigenvalue weighted by Crippen LogP contribution is 2.25. The second-order valence-corrected chi connectivity index (χ2v) is 5.49. The summed E-state index contributed by atoms with van der Waals surface area (Å²) in [7, 11) is -1.28. The zero-order valence-corrected chi connectivity index (χ0v) is 11.9. The molecule has 0 aliphatic rings. The minimum atomic E-state index is -2.89. The zero-order valence-electron chi connectivity index (χ0n) is 11.9. The molecule has 1 aromatic carbocycles. The van der Waals surface area contributed by atoms with Gasteiger partial charge in [-0.25, -0.2) is 0 Å². The van der Waals surface area contributed by atoms with Gasteiger partial charge in [-0.15, -0.1) is 0 Å². The van der Waals surface area contributed by atoms with E-state index in [9.17, 15) is 18.9 Å².